The lowest BCUT2D eigenvalue weighted by Crippen LogP contribution is -2.31. The fraction of sp³-hybridized carbons (Fsp3) is 0.500. The molecule has 3 N–H and O–H groups in total. The van der Waals surface area contributed by atoms with Crippen LogP contribution in [-0.4, -0.2) is 35.3 Å². The zero-order valence-electron chi connectivity index (χ0n) is 12.2. The molecular weight excluding hydrogens is 264 g/mol. The third kappa shape index (κ3) is 3.68. The van der Waals surface area contributed by atoms with Crippen LogP contribution in [0, 0.1) is 0 Å². The highest BCUT2D eigenvalue weighted by molar-refractivity contribution is 5.88. The molecular formula is C16H22N4O. The van der Waals surface area contributed by atoms with Crippen LogP contribution in [0.1, 0.15) is 25.7 Å². The van der Waals surface area contributed by atoms with Gasteiger partial charge >= 0.3 is 0 Å². The molecule has 21 heavy (non-hydrogen) atoms. The lowest BCUT2D eigenvalue weighted by Gasteiger charge is -2.26. The Bertz CT molecular complexity index is 576. The zero-order chi connectivity index (χ0) is 14.5. The van der Waals surface area contributed by atoms with Gasteiger partial charge in [0.25, 0.3) is 0 Å². The standard InChI is InChI=1S/C16H22N4O/c17-12-5-7-13(8-6-12)21-10-9-18-16-14-3-1-2-4-15(14)19-11-20-16/h1-4,11-13H,5-10,17H2,(H,18,19,20). The van der Waals surface area contributed by atoms with Crippen molar-refractivity contribution in [2.45, 2.75) is 37.8 Å². The van der Waals surface area contributed by atoms with Gasteiger partial charge in [0.1, 0.15) is 12.1 Å². The predicted octanol–water partition coefficient (Wildman–Crippen LogP) is 2.33. The molecule has 2 aromatic rings. The molecule has 1 saturated carbocycles. The van der Waals surface area contributed by atoms with Crippen LogP contribution in [-0.2, 0) is 4.74 Å². The van der Waals surface area contributed by atoms with E-state index < -0.39 is 0 Å². The van der Waals surface area contributed by atoms with Gasteiger partial charge in [0.15, 0.2) is 0 Å². The smallest absolute Gasteiger partial charge is 0.137 e. The Kier molecular flexibility index (Phi) is 4.62. The minimum absolute atomic E-state index is 0.369. The van der Waals surface area contributed by atoms with Gasteiger partial charge in [0.05, 0.1) is 18.2 Å². The summed E-state index contributed by atoms with van der Waals surface area (Å²) in [6, 6.07) is 8.37. The van der Waals surface area contributed by atoms with Crippen LogP contribution in [0.15, 0.2) is 30.6 Å². The number of hydrogen-bond acceptors (Lipinski definition) is 5. The highest BCUT2D eigenvalue weighted by Gasteiger charge is 2.18. The van der Waals surface area contributed by atoms with Gasteiger partial charge in [-0.3, -0.25) is 0 Å². The number of nitrogens with one attached hydrogen (secondary N) is 1. The van der Waals surface area contributed by atoms with E-state index in [0.717, 1.165) is 48.9 Å². The van der Waals surface area contributed by atoms with Gasteiger partial charge in [-0.05, 0) is 37.8 Å². The first-order valence-corrected chi connectivity index (χ1v) is 7.64. The molecule has 0 atom stereocenters. The van der Waals surface area contributed by atoms with Crippen LogP contribution >= 0.6 is 0 Å². The van der Waals surface area contributed by atoms with E-state index in [2.05, 4.69) is 15.3 Å². The molecule has 1 fully saturated rings. The second-order valence-electron chi connectivity index (χ2n) is 5.57. The minimum Gasteiger partial charge on any atom is -0.376 e. The van der Waals surface area contributed by atoms with Crippen molar-refractivity contribution >= 4 is 16.7 Å². The number of aromatic nitrogens is 2. The van der Waals surface area contributed by atoms with Gasteiger partial charge in [-0.25, -0.2) is 9.97 Å². The Hall–Kier alpha value is -1.72. The van der Waals surface area contributed by atoms with Crippen molar-refractivity contribution in [3.63, 3.8) is 0 Å². The lowest BCUT2D eigenvalue weighted by molar-refractivity contribution is 0.0313. The molecule has 1 heterocycles. The number of benzene rings is 1. The van der Waals surface area contributed by atoms with Crippen molar-refractivity contribution in [3.8, 4) is 0 Å². The molecule has 0 aliphatic heterocycles. The van der Waals surface area contributed by atoms with Crippen molar-refractivity contribution in [2.24, 2.45) is 5.73 Å². The molecule has 1 aliphatic rings. The van der Waals surface area contributed by atoms with Crippen LogP contribution in [0.4, 0.5) is 5.82 Å². The Labute approximate surface area is 124 Å². The lowest BCUT2D eigenvalue weighted by atomic mass is 9.94. The van der Waals surface area contributed by atoms with E-state index in [4.69, 9.17) is 10.5 Å². The molecule has 0 bridgehead atoms. The number of rotatable bonds is 5. The maximum absolute atomic E-state index is 5.90. The molecule has 0 unspecified atom stereocenters. The summed E-state index contributed by atoms with van der Waals surface area (Å²) in [6.07, 6.45) is 6.28. The van der Waals surface area contributed by atoms with Gasteiger partial charge in [0.2, 0.25) is 0 Å². The summed E-state index contributed by atoms with van der Waals surface area (Å²) in [7, 11) is 0. The molecule has 112 valence electrons. The third-order valence-electron chi connectivity index (χ3n) is 4.01. The number of nitrogens with two attached hydrogens (primary N) is 1. The first-order chi connectivity index (χ1) is 10.3. The molecule has 0 spiro atoms. The van der Waals surface area contributed by atoms with Crippen LogP contribution < -0.4 is 11.1 Å². The van der Waals surface area contributed by atoms with Gasteiger partial charge in [-0.2, -0.15) is 0 Å². The summed E-state index contributed by atoms with van der Waals surface area (Å²) in [6.45, 7) is 1.45. The van der Waals surface area contributed by atoms with E-state index in [0.29, 0.717) is 18.8 Å². The zero-order valence-corrected chi connectivity index (χ0v) is 12.2. The Morgan fingerprint density at radius 3 is 2.81 bits per heavy atom. The van der Waals surface area contributed by atoms with E-state index in [1.54, 1.807) is 6.33 Å². The molecule has 5 heteroatoms. The van der Waals surface area contributed by atoms with E-state index in [1.165, 1.54) is 0 Å². The fourth-order valence-electron chi connectivity index (χ4n) is 2.80. The van der Waals surface area contributed by atoms with E-state index in [1.807, 2.05) is 24.3 Å². The van der Waals surface area contributed by atoms with Crippen LogP contribution in [0.2, 0.25) is 0 Å². The van der Waals surface area contributed by atoms with Crippen LogP contribution in [0.3, 0.4) is 0 Å². The first kappa shape index (κ1) is 14.2. The number of ether oxygens (including phenoxy) is 1. The summed E-state index contributed by atoms with van der Waals surface area (Å²) in [5, 5.41) is 4.38. The molecule has 0 radical (unpaired) electrons. The predicted molar refractivity (Wildman–Crippen MR) is 84.2 cm³/mol. The van der Waals surface area contributed by atoms with Crippen molar-refractivity contribution in [2.75, 3.05) is 18.5 Å². The molecule has 0 saturated heterocycles. The first-order valence-electron chi connectivity index (χ1n) is 7.64. The Morgan fingerprint density at radius 2 is 1.95 bits per heavy atom. The molecule has 3 rings (SSSR count). The van der Waals surface area contributed by atoms with Gasteiger partial charge < -0.3 is 15.8 Å². The summed E-state index contributed by atoms with van der Waals surface area (Å²) in [5.41, 5.74) is 6.85. The topological polar surface area (TPSA) is 73.1 Å². The molecule has 5 nitrogen and oxygen atoms in total. The summed E-state index contributed by atoms with van der Waals surface area (Å²) >= 11 is 0. The quantitative estimate of drug-likeness (QED) is 0.825. The number of hydrogen-bond donors (Lipinski definition) is 2. The van der Waals surface area contributed by atoms with Gasteiger partial charge in [-0.1, -0.05) is 12.1 Å². The Balaban J connectivity index is 1.48. The highest BCUT2D eigenvalue weighted by Crippen LogP contribution is 2.20. The van der Waals surface area contributed by atoms with Crippen LogP contribution in [0.5, 0.6) is 0 Å². The molecule has 0 amide bonds. The molecule has 1 aromatic carbocycles. The highest BCUT2D eigenvalue weighted by atomic mass is 16.5. The average molecular weight is 286 g/mol. The van der Waals surface area contributed by atoms with E-state index in [9.17, 15) is 0 Å². The van der Waals surface area contributed by atoms with Gasteiger partial charge in [-0.15, -0.1) is 0 Å². The third-order valence-corrected chi connectivity index (χ3v) is 4.01. The number of fused-ring (bicyclic) bond motifs is 1. The second kappa shape index (κ2) is 6.83. The molecule has 1 aromatic heterocycles. The average Bonchev–Trinajstić information content (AvgIpc) is 2.53. The van der Waals surface area contributed by atoms with E-state index >= 15 is 0 Å². The second-order valence-corrected chi connectivity index (χ2v) is 5.57. The minimum atomic E-state index is 0.369. The summed E-state index contributed by atoms with van der Waals surface area (Å²) < 4.78 is 5.90. The van der Waals surface area contributed by atoms with Crippen molar-refractivity contribution in [1.29, 1.82) is 0 Å². The van der Waals surface area contributed by atoms with Crippen molar-refractivity contribution in [3.05, 3.63) is 30.6 Å². The summed E-state index contributed by atoms with van der Waals surface area (Å²) in [4.78, 5) is 8.56. The maximum atomic E-state index is 5.90. The van der Waals surface area contributed by atoms with Gasteiger partial charge in [0, 0.05) is 18.0 Å². The number of para-hydroxylation sites is 1. The number of anilines is 1. The normalized spacial score (nSPS) is 22.3. The fourth-order valence-corrected chi connectivity index (χ4v) is 2.80. The van der Waals surface area contributed by atoms with E-state index in [-0.39, 0.29) is 0 Å². The molecule has 1 aliphatic carbocycles. The van der Waals surface area contributed by atoms with Crippen LogP contribution in [0.25, 0.3) is 10.9 Å². The SMILES string of the molecule is NC1CCC(OCCNc2ncnc3ccccc23)CC1. The van der Waals surface area contributed by atoms with Crippen molar-refractivity contribution in [1.82, 2.24) is 9.97 Å². The summed E-state index contributed by atoms with van der Waals surface area (Å²) in [5.74, 6) is 0.870. The maximum Gasteiger partial charge on any atom is 0.137 e. The monoisotopic (exact) mass is 286 g/mol. The largest absolute Gasteiger partial charge is 0.376 e. The Morgan fingerprint density at radius 1 is 1.14 bits per heavy atom. The number of nitrogens with zero attached hydrogens (tertiary/aromatic N) is 2. The van der Waals surface area contributed by atoms with Crippen molar-refractivity contribution < 1.29 is 4.74 Å².